The molecule has 0 radical (unpaired) electrons. The fourth-order valence-corrected chi connectivity index (χ4v) is 3.49. The minimum absolute atomic E-state index is 0.274. The number of nitrogens with one attached hydrogen (secondary N) is 1. The molecule has 2 aromatic carbocycles. The summed E-state index contributed by atoms with van der Waals surface area (Å²) in [5, 5.41) is 3.90. The standard InChI is InChI=1S/C20H25N3O6S/c1-14-6-9-18(28-3)17(10-14)23(30(5,25)26)13-20(24)22-21-12-15-7-8-16(27-2)11-19(15)29-4/h6-12H,13H2,1-5H3,(H,22,24)/b21-12-. The lowest BCUT2D eigenvalue weighted by molar-refractivity contribution is -0.119. The molecular weight excluding hydrogens is 410 g/mol. The van der Waals surface area contributed by atoms with Crippen LogP contribution in [0.5, 0.6) is 17.2 Å². The van der Waals surface area contributed by atoms with Crippen LogP contribution in [0.4, 0.5) is 5.69 Å². The van der Waals surface area contributed by atoms with Crippen molar-refractivity contribution in [2.75, 3.05) is 38.4 Å². The molecule has 0 atom stereocenters. The number of hydrogen-bond acceptors (Lipinski definition) is 7. The molecule has 0 fully saturated rings. The highest BCUT2D eigenvalue weighted by molar-refractivity contribution is 7.92. The molecule has 10 heteroatoms. The number of rotatable bonds is 9. The van der Waals surface area contributed by atoms with Crippen molar-refractivity contribution in [2.24, 2.45) is 5.10 Å². The zero-order valence-electron chi connectivity index (χ0n) is 17.5. The Morgan fingerprint density at radius 2 is 1.77 bits per heavy atom. The van der Waals surface area contributed by atoms with Gasteiger partial charge in [0.1, 0.15) is 23.8 Å². The summed E-state index contributed by atoms with van der Waals surface area (Å²) in [7, 11) is 0.726. The van der Waals surface area contributed by atoms with E-state index in [4.69, 9.17) is 14.2 Å². The van der Waals surface area contributed by atoms with Gasteiger partial charge < -0.3 is 14.2 Å². The highest BCUT2D eigenvalue weighted by atomic mass is 32.2. The van der Waals surface area contributed by atoms with E-state index in [-0.39, 0.29) is 5.69 Å². The summed E-state index contributed by atoms with van der Waals surface area (Å²) in [6.07, 6.45) is 2.42. The van der Waals surface area contributed by atoms with Crippen molar-refractivity contribution in [1.29, 1.82) is 0 Å². The average Bonchev–Trinajstić information content (AvgIpc) is 2.71. The van der Waals surface area contributed by atoms with E-state index in [0.717, 1.165) is 16.1 Å². The van der Waals surface area contributed by atoms with Gasteiger partial charge in [-0.15, -0.1) is 0 Å². The summed E-state index contributed by atoms with van der Waals surface area (Å²) in [5.41, 5.74) is 4.04. The first-order valence-corrected chi connectivity index (χ1v) is 10.7. The van der Waals surface area contributed by atoms with Crippen molar-refractivity contribution in [3.05, 3.63) is 47.5 Å². The lowest BCUT2D eigenvalue weighted by Gasteiger charge is -2.23. The number of nitrogens with zero attached hydrogens (tertiary/aromatic N) is 2. The molecule has 9 nitrogen and oxygen atoms in total. The van der Waals surface area contributed by atoms with Crippen LogP contribution in [0.25, 0.3) is 0 Å². The molecule has 162 valence electrons. The number of benzene rings is 2. The highest BCUT2D eigenvalue weighted by Crippen LogP contribution is 2.30. The molecule has 0 aliphatic heterocycles. The summed E-state index contributed by atoms with van der Waals surface area (Å²) in [6.45, 7) is 1.35. The van der Waals surface area contributed by atoms with Crippen molar-refractivity contribution < 1.29 is 27.4 Å². The number of sulfonamides is 1. The van der Waals surface area contributed by atoms with Crippen LogP contribution in [0.1, 0.15) is 11.1 Å². The van der Waals surface area contributed by atoms with E-state index in [1.165, 1.54) is 20.4 Å². The van der Waals surface area contributed by atoms with Crippen molar-refractivity contribution in [1.82, 2.24) is 5.43 Å². The predicted octanol–water partition coefficient (Wildman–Crippen LogP) is 1.94. The van der Waals surface area contributed by atoms with Gasteiger partial charge in [0.2, 0.25) is 10.0 Å². The molecule has 0 unspecified atom stereocenters. The quantitative estimate of drug-likeness (QED) is 0.477. The summed E-state index contributed by atoms with van der Waals surface area (Å²) < 4.78 is 41.2. The Hall–Kier alpha value is -3.27. The molecule has 1 N–H and O–H groups in total. The molecule has 2 aromatic rings. The fourth-order valence-electron chi connectivity index (χ4n) is 2.64. The van der Waals surface area contributed by atoms with E-state index in [9.17, 15) is 13.2 Å². The van der Waals surface area contributed by atoms with E-state index in [1.807, 2.05) is 6.92 Å². The van der Waals surface area contributed by atoms with Crippen molar-refractivity contribution in [3.8, 4) is 17.2 Å². The monoisotopic (exact) mass is 435 g/mol. The Labute approximate surface area is 176 Å². The summed E-state index contributed by atoms with van der Waals surface area (Å²) in [5.74, 6) is 0.844. The molecule has 0 saturated carbocycles. The van der Waals surface area contributed by atoms with Crippen molar-refractivity contribution in [2.45, 2.75) is 6.92 Å². The Morgan fingerprint density at radius 3 is 2.37 bits per heavy atom. The van der Waals surface area contributed by atoms with Gasteiger partial charge in [-0.3, -0.25) is 9.10 Å². The number of carbonyl (C=O) groups is 1. The van der Waals surface area contributed by atoms with Crippen LogP contribution in [0.3, 0.4) is 0 Å². The number of aryl methyl sites for hydroxylation is 1. The Kier molecular flexibility index (Phi) is 7.65. The van der Waals surface area contributed by atoms with Crippen LogP contribution in [-0.4, -0.2) is 54.7 Å². The van der Waals surface area contributed by atoms with Crippen molar-refractivity contribution >= 4 is 27.8 Å². The molecule has 2 rings (SSSR count). The normalized spacial score (nSPS) is 11.2. The van der Waals surface area contributed by atoms with Gasteiger partial charge in [-0.25, -0.2) is 13.8 Å². The van der Waals surface area contributed by atoms with Gasteiger partial charge >= 0.3 is 0 Å². The number of ether oxygens (including phenoxy) is 3. The van der Waals surface area contributed by atoms with Gasteiger partial charge in [-0.1, -0.05) is 6.07 Å². The van der Waals surface area contributed by atoms with Gasteiger partial charge in [0, 0.05) is 11.6 Å². The number of anilines is 1. The predicted molar refractivity (Wildman–Crippen MR) is 115 cm³/mol. The Morgan fingerprint density at radius 1 is 1.07 bits per heavy atom. The number of hydrogen-bond donors (Lipinski definition) is 1. The van der Waals surface area contributed by atoms with Crippen LogP contribution < -0.4 is 23.9 Å². The van der Waals surface area contributed by atoms with E-state index >= 15 is 0 Å². The van der Waals surface area contributed by atoms with Gasteiger partial charge in [0.15, 0.2) is 0 Å². The molecule has 0 bridgehead atoms. The molecule has 0 heterocycles. The second kappa shape index (κ2) is 9.97. The zero-order chi connectivity index (χ0) is 22.3. The largest absolute Gasteiger partial charge is 0.497 e. The van der Waals surface area contributed by atoms with E-state index in [2.05, 4.69) is 10.5 Å². The zero-order valence-corrected chi connectivity index (χ0v) is 18.3. The SMILES string of the molecule is COc1ccc(/C=N\NC(=O)CN(c2cc(C)ccc2OC)S(C)(=O)=O)c(OC)c1. The molecule has 0 aliphatic rings. The third kappa shape index (κ3) is 5.86. The molecule has 1 amide bonds. The lowest BCUT2D eigenvalue weighted by atomic mass is 10.2. The number of methoxy groups -OCH3 is 3. The third-order valence-corrected chi connectivity index (χ3v) is 5.25. The van der Waals surface area contributed by atoms with Crippen LogP contribution in [-0.2, 0) is 14.8 Å². The second-order valence-electron chi connectivity index (χ2n) is 6.35. The summed E-state index contributed by atoms with van der Waals surface area (Å²) in [4.78, 5) is 12.4. The lowest BCUT2D eigenvalue weighted by Crippen LogP contribution is -2.39. The van der Waals surface area contributed by atoms with Gasteiger partial charge in [-0.2, -0.15) is 5.10 Å². The minimum atomic E-state index is -3.75. The second-order valence-corrected chi connectivity index (χ2v) is 8.25. The molecular formula is C20H25N3O6S. The maximum atomic E-state index is 12.4. The smallest absolute Gasteiger partial charge is 0.260 e. The maximum Gasteiger partial charge on any atom is 0.260 e. The fraction of sp³-hybridized carbons (Fsp3) is 0.300. The summed E-state index contributed by atoms with van der Waals surface area (Å²) >= 11 is 0. The van der Waals surface area contributed by atoms with Gasteiger partial charge in [-0.05, 0) is 36.8 Å². The Balaban J connectivity index is 2.19. The van der Waals surface area contributed by atoms with Crippen molar-refractivity contribution in [3.63, 3.8) is 0 Å². The highest BCUT2D eigenvalue weighted by Gasteiger charge is 2.24. The van der Waals surface area contributed by atoms with Crippen LogP contribution in [0.2, 0.25) is 0 Å². The van der Waals surface area contributed by atoms with Crippen LogP contribution in [0.15, 0.2) is 41.5 Å². The third-order valence-electron chi connectivity index (χ3n) is 4.12. The van der Waals surface area contributed by atoms with E-state index in [1.54, 1.807) is 43.5 Å². The number of carbonyl (C=O) groups excluding carboxylic acids is 1. The van der Waals surface area contributed by atoms with E-state index < -0.39 is 22.5 Å². The topological polar surface area (TPSA) is 107 Å². The Bertz CT molecular complexity index is 1040. The van der Waals surface area contributed by atoms with E-state index in [0.29, 0.717) is 22.8 Å². The first-order chi connectivity index (χ1) is 14.2. The molecule has 0 spiro atoms. The van der Waals surface area contributed by atoms with Gasteiger partial charge in [0.05, 0.1) is 39.5 Å². The number of amides is 1. The number of hydrazone groups is 1. The molecule has 0 aliphatic carbocycles. The van der Waals surface area contributed by atoms with Crippen LogP contribution >= 0.6 is 0 Å². The average molecular weight is 436 g/mol. The maximum absolute atomic E-state index is 12.4. The molecule has 0 saturated heterocycles. The summed E-state index contributed by atoms with van der Waals surface area (Å²) in [6, 6.07) is 10.2. The first-order valence-electron chi connectivity index (χ1n) is 8.86. The van der Waals surface area contributed by atoms with Crippen LogP contribution in [0, 0.1) is 6.92 Å². The first kappa shape index (κ1) is 23.0. The molecule has 0 aromatic heterocycles. The minimum Gasteiger partial charge on any atom is -0.497 e. The molecule has 30 heavy (non-hydrogen) atoms. The van der Waals surface area contributed by atoms with Gasteiger partial charge in [0.25, 0.3) is 5.91 Å².